The van der Waals surface area contributed by atoms with Crippen molar-refractivity contribution in [1.29, 1.82) is 0 Å². The third-order valence-electron chi connectivity index (χ3n) is 3.37. The molecule has 0 aliphatic carbocycles. The molecule has 1 aliphatic rings. The van der Waals surface area contributed by atoms with Gasteiger partial charge in [0.05, 0.1) is 19.1 Å². The molecule has 130 valence electrons. The average molecular weight is 334 g/mol. The third kappa shape index (κ3) is 5.57. The molecule has 1 aromatic rings. The maximum absolute atomic E-state index is 11.9. The van der Waals surface area contributed by atoms with Gasteiger partial charge in [0.15, 0.2) is 6.61 Å². The molecule has 0 saturated carbocycles. The molecule has 2 rings (SSSR count). The van der Waals surface area contributed by atoms with Gasteiger partial charge in [-0.15, -0.1) is 0 Å². The zero-order chi connectivity index (χ0) is 17.5. The van der Waals surface area contributed by atoms with Crippen molar-refractivity contribution in [2.45, 2.75) is 26.4 Å². The molecule has 1 heterocycles. The summed E-state index contributed by atoms with van der Waals surface area (Å²) >= 11 is 0. The van der Waals surface area contributed by atoms with E-state index in [1.54, 1.807) is 18.2 Å². The number of carbonyl (C=O) groups excluding carboxylic acids is 3. The third-order valence-corrected chi connectivity index (χ3v) is 3.37. The highest BCUT2D eigenvalue weighted by atomic mass is 16.5. The lowest BCUT2D eigenvalue weighted by Crippen LogP contribution is -2.51. The van der Waals surface area contributed by atoms with Crippen LogP contribution in [0.15, 0.2) is 24.3 Å². The summed E-state index contributed by atoms with van der Waals surface area (Å²) in [7, 11) is 0. The van der Waals surface area contributed by atoms with Gasteiger partial charge in [-0.2, -0.15) is 0 Å². The first-order valence-corrected chi connectivity index (χ1v) is 7.89. The van der Waals surface area contributed by atoms with Crippen molar-refractivity contribution in [1.82, 2.24) is 10.2 Å². The first kappa shape index (κ1) is 17.8. The Kier molecular flexibility index (Phi) is 6.17. The molecule has 1 aromatic carbocycles. The Bertz CT molecular complexity index is 615. The number of esters is 1. The topological polar surface area (TPSA) is 84.9 Å². The maximum Gasteiger partial charge on any atom is 0.310 e. The van der Waals surface area contributed by atoms with E-state index in [0.29, 0.717) is 18.8 Å². The van der Waals surface area contributed by atoms with Gasteiger partial charge in [0.25, 0.3) is 5.91 Å². The summed E-state index contributed by atoms with van der Waals surface area (Å²) in [6.45, 7) is 4.35. The summed E-state index contributed by atoms with van der Waals surface area (Å²) in [6, 6.07) is 7.20. The minimum atomic E-state index is -0.494. The van der Waals surface area contributed by atoms with Crippen LogP contribution < -0.4 is 10.1 Å². The van der Waals surface area contributed by atoms with Crippen molar-refractivity contribution in [2.24, 2.45) is 0 Å². The number of rotatable bonds is 6. The maximum atomic E-state index is 11.9. The van der Waals surface area contributed by atoms with Crippen LogP contribution in [0.25, 0.3) is 0 Å². The van der Waals surface area contributed by atoms with E-state index in [1.165, 1.54) is 4.90 Å². The fourth-order valence-corrected chi connectivity index (χ4v) is 2.30. The Hall–Kier alpha value is -2.57. The molecular weight excluding hydrogens is 312 g/mol. The predicted octanol–water partition coefficient (Wildman–Crippen LogP) is 0.518. The number of amides is 2. The van der Waals surface area contributed by atoms with E-state index in [1.807, 2.05) is 19.9 Å². The second-order valence-corrected chi connectivity index (χ2v) is 5.82. The van der Waals surface area contributed by atoms with Crippen molar-refractivity contribution in [3.05, 3.63) is 29.8 Å². The summed E-state index contributed by atoms with van der Waals surface area (Å²) in [5.41, 5.74) is 0.753. The Morgan fingerprint density at radius 3 is 2.83 bits per heavy atom. The molecule has 0 aromatic heterocycles. The Labute approximate surface area is 140 Å². The zero-order valence-corrected chi connectivity index (χ0v) is 13.9. The standard InChI is InChI=1S/C17H22N2O5/c1-12(2)24-14-5-3-4-13(8-14)9-17(22)23-11-16(21)19-7-6-18-15(20)10-19/h3-5,8,12H,6-7,9-11H2,1-2H3,(H,18,20). The Morgan fingerprint density at radius 1 is 1.33 bits per heavy atom. The number of nitrogens with one attached hydrogen (secondary N) is 1. The Morgan fingerprint density at radius 2 is 2.12 bits per heavy atom. The van der Waals surface area contributed by atoms with Gasteiger partial charge in [0.2, 0.25) is 5.91 Å². The number of ether oxygens (including phenoxy) is 2. The van der Waals surface area contributed by atoms with Crippen molar-refractivity contribution < 1.29 is 23.9 Å². The van der Waals surface area contributed by atoms with Gasteiger partial charge in [-0.25, -0.2) is 0 Å². The van der Waals surface area contributed by atoms with Crippen LogP contribution in [0.1, 0.15) is 19.4 Å². The number of carbonyl (C=O) groups is 3. The van der Waals surface area contributed by atoms with Crippen LogP contribution in [-0.2, 0) is 25.5 Å². The van der Waals surface area contributed by atoms with Gasteiger partial charge >= 0.3 is 5.97 Å². The second-order valence-electron chi connectivity index (χ2n) is 5.82. The number of nitrogens with zero attached hydrogens (tertiary/aromatic N) is 1. The van der Waals surface area contributed by atoms with Gasteiger partial charge in [0, 0.05) is 13.1 Å². The Balaban J connectivity index is 1.80. The van der Waals surface area contributed by atoms with E-state index in [2.05, 4.69) is 5.32 Å². The fourth-order valence-electron chi connectivity index (χ4n) is 2.30. The van der Waals surface area contributed by atoms with Crippen LogP contribution in [-0.4, -0.2) is 55.0 Å². The molecule has 0 bridgehead atoms. The van der Waals surface area contributed by atoms with E-state index in [4.69, 9.17) is 9.47 Å². The van der Waals surface area contributed by atoms with Crippen molar-refractivity contribution in [2.75, 3.05) is 26.2 Å². The molecule has 0 radical (unpaired) electrons. The summed E-state index contributed by atoms with van der Waals surface area (Å²) in [4.78, 5) is 36.4. The molecule has 0 unspecified atom stereocenters. The number of hydrogen-bond donors (Lipinski definition) is 1. The number of piperazine rings is 1. The minimum absolute atomic E-state index is 0.00493. The quantitative estimate of drug-likeness (QED) is 0.767. The smallest absolute Gasteiger partial charge is 0.310 e. The van der Waals surface area contributed by atoms with Gasteiger partial charge in [0.1, 0.15) is 5.75 Å². The highest BCUT2D eigenvalue weighted by molar-refractivity contribution is 5.87. The monoisotopic (exact) mass is 334 g/mol. The lowest BCUT2D eigenvalue weighted by molar-refractivity contribution is -0.152. The van der Waals surface area contributed by atoms with Crippen LogP contribution in [0.4, 0.5) is 0 Å². The molecular formula is C17H22N2O5. The predicted molar refractivity (Wildman–Crippen MR) is 86.5 cm³/mol. The SMILES string of the molecule is CC(C)Oc1cccc(CC(=O)OCC(=O)N2CCNC(=O)C2)c1. The lowest BCUT2D eigenvalue weighted by atomic mass is 10.1. The highest BCUT2D eigenvalue weighted by Gasteiger charge is 2.22. The first-order chi connectivity index (χ1) is 11.4. The normalized spacial score (nSPS) is 14.3. The molecule has 1 aliphatic heterocycles. The van der Waals surface area contributed by atoms with Gasteiger partial charge in [-0.3, -0.25) is 14.4 Å². The molecule has 24 heavy (non-hydrogen) atoms. The first-order valence-electron chi connectivity index (χ1n) is 7.89. The van der Waals surface area contributed by atoms with Crippen molar-refractivity contribution >= 4 is 17.8 Å². The average Bonchev–Trinajstić information content (AvgIpc) is 2.52. The van der Waals surface area contributed by atoms with E-state index < -0.39 is 5.97 Å². The molecule has 1 fully saturated rings. The summed E-state index contributed by atoms with van der Waals surface area (Å²) in [5, 5.41) is 2.63. The van der Waals surface area contributed by atoms with E-state index >= 15 is 0 Å². The molecule has 7 heteroatoms. The second kappa shape index (κ2) is 8.33. The fraction of sp³-hybridized carbons (Fsp3) is 0.471. The van der Waals surface area contributed by atoms with Crippen LogP contribution in [0.3, 0.4) is 0 Å². The molecule has 0 spiro atoms. The molecule has 1 N–H and O–H groups in total. The minimum Gasteiger partial charge on any atom is -0.491 e. The molecule has 0 atom stereocenters. The number of benzene rings is 1. The molecule has 1 saturated heterocycles. The highest BCUT2D eigenvalue weighted by Crippen LogP contribution is 2.15. The van der Waals surface area contributed by atoms with Crippen molar-refractivity contribution in [3.63, 3.8) is 0 Å². The zero-order valence-electron chi connectivity index (χ0n) is 13.9. The van der Waals surface area contributed by atoms with Crippen LogP contribution in [0.2, 0.25) is 0 Å². The molecule has 7 nitrogen and oxygen atoms in total. The largest absolute Gasteiger partial charge is 0.491 e. The van der Waals surface area contributed by atoms with Crippen LogP contribution in [0, 0.1) is 0 Å². The van der Waals surface area contributed by atoms with E-state index in [0.717, 1.165) is 5.56 Å². The lowest BCUT2D eigenvalue weighted by Gasteiger charge is -2.26. The van der Waals surface area contributed by atoms with Gasteiger partial charge in [-0.1, -0.05) is 12.1 Å². The molecule has 2 amide bonds. The summed E-state index contributed by atoms with van der Waals surface area (Å²) < 4.78 is 10.6. The van der Waals surface area contributed by atoms with Crippen LogP contribution >= 0.6 is 0 Å². The summed E-state index contributed by atoms with van der Waals surface area (Å²) in [6.07, 6.45) is 0.106. The van der Waals surface area contributed by atoms with Gasteiger partial charge < -0.3 is 19.7 Å². The van der Waals surface area contributed by atoms with Crippen LogP contribution in [0.5, 0.6) is 5.75 Å². The van der Waals surface area contributed by atoms with Crippen molar-refractivity contribution in [3.8, 4) is 5.75 Å². The van der Waals surface area contributed by atoms with Gasteiger partial charge in [-0.05, 0) is 31.5 Å². The van der Waals surface area contributed by atoms with E-state index in [9.17, 15) is 14.4 Å². The number of hydrogen-bond acceptors (Lipinski definition) is 5. The van der Waals surface area contributed by atoms with E-state index in [-0.39, 0.29) is 37.5 Å². The summed E-state index contributed by atoms with van der Waals surface area (Å²) in [5.74, 6) is -0.379.